The van der Waals surface area contributed by atoms with Gasteiger partial charge in [-0.05, 0) is 67.6 Å². The van der Waals surface area contributed by atoms with Gasteiger partial charge in [0.2, 0.25) is 5.78 Å². The van der Waals surface area contributed by atoms with Crippen LogP contribution in [-0.2, 0) is 17.6 Å². The van der Waals surface area contributed by atoms with E-state index in [2.05, 4.69) is 4.98 Å². The van der Waals surface area contributed by atoms with Crippen LogP contribution in [0.15, 0.2) is 47.8 Å². The van der Waals surface area contributed by atoms with E-state index in [0.29, 0.717) is 16.1 Å². The quantitative estimate of drug-likeness (QED) is 0.457. The first kappa shape index (κ1) is 18.5. The normalized spacial score (nSPS) is 13.8. The third-order valence-corrected chi connectivity index (χ3v) is 5.73. The maximum absolute atomic E-state index is 13.0. The average Bonchev–Trinajstić information content (AvgIpc) is 3.37. The van der Waals surface area contributed by atoms with Crippen LogP contribution in [0.4, 0.5) is 4.39 Å². The van der Waals surface area contributed by atoms with Crippen LogP contribution < -0.4 is 0 Å². The average molecular weight is 395 g/mol. The van der Waals surface area contributed by atoms with Gasteiger partial charge in [0.05, 0.1) is 0 Å². The Labute approximate surface area is 166 Å². The van der Waals surface area contributed by atoms with Crippen molar-refractivity contribution in [1.29, 1.82) is 0 Å². The molecule has 1 aromatic heterocycles. The van der Waals surface area contributed by atoms with Gasteiger partial charge in [0.1, 0.15) is 10.8 Å². The summed E-state index contributed by atoms with van der Waals surface area (Å²) in [5.74, 6) is -1.21. The molecule has 0 fully saturated rings. The lowest BCUT2D eigenvalue weighted by Crippen LogP contribution is -2.24. The molecule has 0 saturated heterocycles. The minimum absolute atomic E-state index is 0.137. The number of aromatic nitrogens is 1. The van der Waals surface area contributed by atoms with Crippen molar-refractivity contribution in [1.82, 2.24) is 4.98 Å². The fourth-order valence-corrected chi connectivity index (χ4v) is 4.12. The Balaban J connectivity index is 1.44. The van der Waals surface area contributed by atoms with Gasteiger partial charge >= 0.3 is 5.97 Å². The van der Waals surface area contributed by atoms with Crippen LogP contribution >= 0.6 is 11.3 Å². The molecule has 0 amide bonds. The number of ether oxygens (including phenoxy) is 1. The number of hydrogen-bond acceptors (Lipinski definition) is 5. The van der Waals surface area contributed by atoms with Gasteiger partial charge in [-0.2, -0.15) is 0 Å². The molecule has 0 spiro atoms. The minimum Gasteiger partial charge on any atom is -0.450 e. The lowest BCUT2D eigenvalue weighted by Gasteiger charge is -2.12. The van der Waals surface area contributed by atoms with Gasteiger partial charge in [-0.15, -0.1) is 11.3 Å². The summed E-state index contributed by atoms with van der Waals surface area (Å²) < 4.78 is 18.4. The Hall–Kier alpha value is -2.86. The van der Waals surface area contributed by atoms with Crippen LogP contribution in [-0.4, -0.2) is 22.8 Å². The number of halogens is 1. The van der Waals surface area contributed by atoms with Gasteiger partial charge in [0, 0.05) is 16.5 Å². The summed E-state index contributed by atoms with van der Waals surface area (Å²) in [6.45, 7) is 1.57. The van der Waals surface area contributed by atoms with E-state index < -0.39 is 12.1 Å². The lowest BCUT2D eigenvalue weighted by molar-refractivity contribution is 0.0314. The van der Waals surface area contributed by atoms with Crippen molar-refractivity contribution in [3.05, 3.63) is 76.0 Å². The zero-order valence-electron chi connectivity index (χ0n) is 15.3. The predicted molar refractivity (Wildman–Crippen MR) is 105 cm³/mol. The van der Waals surface area contributed by atoms with Crippen molar-refractivity contribution in [3.63, 3.8) is 0 Å². The number of aryl methyl sites for hydroxylation is 2. The fourth-order valence-electron chi connectivity index (χ4n) is 3.33. The number of carbonyl (C=O) groups is 2. The van der Waals surface area contributed by atoms with E-state index in [4.69, 9.17) is 4.74 Å². The summed E-state index contributed by atoms with van der Waals surface area (Å²) in [6, 6.07) is 11.6. The SMILES string of the molecule is C[C@H](OC(=O)c1csc(-c2ccc(F)cc2)n1)C(=O)c1ccc2c(c1)CCC2. The van der Waals surface area contributed by atoms with E-state index in [1.807, 2.05) is 12.1 Å². The molecule has 1 aliphatic rings. The summed E-state index contributed by atoms with van der Waals surface area (Å²) >= 11 is 1.26. The van der Waals surface area contributed by atoms with Crippen LogP contribution in [0.3, 0.4) is 0 Å². The number of nitrogens with zero attached hydrogens (tertiary/aromatic N) is 1. The number of esters is 1. The fraction of sp³-hybridized carbons (Fsp3) is 0.227. The highest BCUT2D eigenvalue weighted by molar-refractivity contribution is 7.13. The van der Waals surface area contributed by atoms with Gasteiger partial charge in [-0.1, -0.05) is 12.1 Å². The Morgan fingerprint density at radius 2 is 1.86 bits per heavy atom. The number of benzene rings is 2. The van der Waals surface area contributed by atoms with Gasteiger partial charge in [-0.25, -0.2) is 14.2 Å². The first-order valence-electron chi connectivity index (χ1n) is 9.10. The maximum Gasteiger partial charge on any atom is 0.358 e. The molecule has 1 atom stereocenters. The Bertz CT molecular complexity index is 1040. The lowest BCUT2D eigenvalue weighted by atomic mass is 10.0. The summed E-state index contributed by atoms with van der Waals surface area (Å²) in [6.07, 6.45) is 2.24. The van der Waals surface area contributed by atoms with Gasteiger partial charge in [-0.3, -0.25) is 4.79 Å². The second kappa shape index (κ2) is 7.64. The third kappa shape index (κ3) is 3.73. The van der Waals surface area contributed by atoms with Crippen LogP contribution in [0.2, 0.25) is 0 Å². The predicted octanol–water partition coefficient (Wildman–Crippen LogP) is 4.87. The van der Waals surface area contributed by atoms with Crippen molar-refractivity contribution in [2.75, 3.05) is 0 Å². The number of Topliss-reactive ketones (excluding diaryl/α,β-unsaturated/α-hetero) is 1. The third-order valence-electron chi connectivity index (χ3n) is 4.84. The number of thiazole rings is 1. The Morgan fingerprint density at radius 3 is 2.64 bits per heavy atom. The van der Waals surface area contributed by atoms with Gasteiger partial charge < -0.3 is 4.74 Å². The van der Waals surface area contributed by atoms with Crippen molar-refractivity contribution >= 4 is 23.1 Å². The van der Waals surface area contributed by atoms with Crippen molar-refractivity contribution in [2.45, 2.75) is 32.3 Å². The number of fused-ring (bicyclic) bond motifs is 1. The van der Waals surface area contributed by atoms with Crippen molar-refractivity contribution in [3.8, 4) is 10.6 Å². The highest BCUT2D eigenvalue weighted by Gasteiger charge is 2.23. The molecule has 142 valence electrons. The van der Waals surface area contributed by atoms with Gasteiger partial charge in [0.25, 0.3) is 0 Å². The number of hydrogen-bond donors (Lipinski definition) is 0. The standard InChI is InChI=1S/C22H18FNO3S/c1-13(20(25)17-6-5-14-3-2-4-16(14)11-17)27-22(26)19-12-28-21(24-19)15-7-9-18(23)10-8-15/h5-13H,2-4H2,1H3/t13-/m0/s1. The summed E-state index contributed by atoms with van der Waals surface area (Å²) in [7, 11) is 0. The molecule has 1 aliphatic carbocycles. The molecule has 4 nitrogen and oxygen atoms in total. The molecular weight excluding hydrogens is 377 g/mol. The van der Waals surface area contributed by atoms with Crippen LogP contribution in [0.5, 0.6) is 0 Å². The van der Waals surface area contributed by atoms with E-state index in [1.165, 1.54) is 34.6 Å². The van der Waals surface area contributed by atoms with Crippen LogP contribution in [0.1, 0.15) is 45.3 Å². The summed E-state index contributed by atoms with van der Waals surface area (Å²) in [4.78, 5) is 29.3. The van der Waals surface area contributed by atoms with E-state index in [9.17, 15) is 14.0 Å². The van der Waals surface area contributed by atoms with E-state index in [0.717, 1.165) is 19.3 Å². The molecule has 0 bridgehead atoms. The molecule has 0 unspecified atom stereocenters. The molecule has 4 rings (SSSR count). The van der Waals surface area contributed by atoms with Crippen LogP contribution in [0, 0.1) is 5.82 Å². The Morgan fingerprint density at radius 1 is 1.11 bits per heavy atom. The summed E-state index contributed by atoms with van der Waals surface area (Å²) in [5.41, 5.74) is 3.90. The monoisotopic (exact) mass is 395 g/mol. The maximum atomic E-state index is 13.0. The smallest absolute Gasteiger partial charge is 0.358 e. The Kier molecular flexibility index (Phi) is 5.05. The number of ketones is 1. The minimum atomic E-state index is -0.900. The summed E-state index contributed by atoms with van der Waals surface area (Å²) in [5, 5.41) is 2.16. The molecule has 0 aliphatic heterocycles. The van der Waals surface area contributed by atoms with E-state index in [-0.39, 0.29) is 17.3 Å². The van der Waals surface area contributed by atoms with Gasteiger partial charge in [0.15, 0.2) is 11.8 Å². The molecule has 2 aromatic carbocycles. The first-order chi connectivity index (χ1) is 13.5. The highest BCUT2D eigenvalue weighted by atomic mass is 32.1. The second-order valence-corrected chi connectivity index (χ2v) is 7.65. The van der Waals surface area contributed by atoms with Crippen molar-refractivity contribution in [2.24, 2.45) is 0 Å². The van der Waals surface area contributed by atoms with E-state index in [1.54, 1.807) is 30.5 Å². The zero-order chi connectivity index (χ0) is 19.7. The molecule has 1 heterocycles. The number of carbonyl (C=O) groups excluding carboxylic acids is 2. The number of rotatable bonds is 5. The zero-order valence-corrected chi connectivity index (χ0v) is 16.1. The molecule has 28 heavy (non-hydrogen) atoms. The molecule has 0 radical (unpaired) electrons. The molecule has 6 heteroatoms. The largest absolute Gasteiger partial charge is 0.450 e. The first-order valence-corrected chi connectivity index (χ1v) is 9.97. The molecular formula is C22H18FNO3S. The second-order valence-electron chi connectivity index (χ2n) is 6.79. The van der Waals surface area contributed by atoms with Crippen LogP contribution in [0.25, 0.3) is 10.6 Å². The molecule has 0 N–H and O–H groups in total. The molecule has 0 saturated carbocycles. The van der Waals surface area contributed by atoms with Crippen molar-refractivity contribution < 1.29 is 18.7 Å². The molecule has 3 aromatic rings. The topological polar surface area (TPSA) is 56.3 Å². The highest BCUT2D eigenvalue weighted by Crippen LogP contribution is 2.25. The van der Waals surface area contributed by atoms with E-state index >= 15 is 0 Å².